The molecule has 3 nitrogen and oxygen atoms in total. The lowest BCUT2D eigenvalue weighted by Gasteiger charge is -2.23. The fourth-order valence-corrected chi connectivity index (χ4v) is 2.45. The summed E-state index contributed by atoms with van der Waals surface area (Å²) >= 11 is 0. The van der Waals surface area contributed by atoms with Crippen LogP contribution in [0.15, 0.2) is 42.6 Å². The van der Waals surface area contributed by atoms with Crippen LogP contribution in [0.2, 0.25) is 0 Å². The Kier molecular flexibility index (Phi) is 4.74. The van der Waals surface area contributed by atoms with Crippen LogP contribution in [0.25, 0.3) is 0 Å². The zero-order chi connectivity index (χ0) is 13.7. The number of nitrogens with zero attached hydrogens (tertiary/aromatic N) is 1. The number of aromatic nitrogens is 1. The maximum absolute atomic E-state index is 4.43. The van der Waals surface area contributed by atoms with Gasteiger partial charge in [0.2, 0.25) is 0 Å². The Balaban J connectivity index is 1.85. The molecule has 0 spiro atoms. The van der Waals surface area contributed by atoms with Crippen molar-refractivity contribution in [2.24, 2.45) is 5.92 Å². The molecule has 1 aliphatic carbocycles. The Morgan fingerprint density at radius 2 is 2.21 bits per heavy atom. The molecular weight excluding hydrogens is 234 g/mol. The van der Waals surface area contributed by atoms with E-state index >= 15 is 0 Å². The monoisotopic (exact) mass is 257 g/mol. The Morgan fingerprint density at radius 3 is 2.84 bits per heavy atom. The summed E-state index contributed by atoms with van der Waals surface area (Å²) in [6, 6.07) is 6.52. The van der Waals surface area contributed by atoms with Crippen LogP contribution in [-0.2, 0) is 0 Å². The van der Waals surface area contributed by atoms with Crippen LogP contribution >= 0.6 is 0 Å². The first kappa shape index (κ1) is 13.8. The second-order valence-electron chi connectivity index (χ2n) is 5.21. The molecule has 1 aliphatic rings. The molecule has 3 heteroatoms. The first-order chi connectivity index (χ1) is 9.17. The molecule has 0 saturated heterocycles. The van der Waals surface area contributed by atoms with Crippen LogP contribution in [0.4, 0.5) is 5.82 Å². The average Bonchev–Trinajstić information content (AvgIpc) is 2.39. The molecule has 0 bridgehead atoms. The SMILES string of the molecule is C=C(CC1C=CC(NC)CC1)Nc1cccc(C)n1. The molecule has 0 radical (unpaired) electrons. The molecule has 2 rings (SSSR count). The zero-order valence-corrected chi connectivity index (χ0v) is 11.8. The van der Waals surface area contributed by atoms with E-state index in [9.17, 15) is 0 Å². The van der Waals surface area contributed by atoms with Crippen LogP contribution in [0.3, 0.4) is 0 Å². The van der Waals surface area contributed by atoms with Crippen molar-refractivity contribution >= 4 is 5.82 Å². The number of pyridine rings is 1. The van der Waals surface area contributed by atoms with Crippen molar-refractivity contribution in [3.05, 3.63) is 48.3 Å². The van der Waals surface area contributed by atoms with Crippen molar-refractivity contribution in [2.45, 2.75) is 32.2 Å². The Morgan fingerprint density at radius 1 is 1.37 bits per heavy atom. The number of hydrogen-bond donors (Lipinski definition) is 2. The van der Waals surface area contributed by atoms with E-state index in [-0.39, 0.29) is 0 Å². The highest BCUT2D eigenvalue weighted by Gasteiger charge is 2.15. The Labute approximate surface area is 115 Å². The fraction of sp³-hybridized carbons (Fsp3) is 0.438. The second-order valence-corrected chi connectivity index (χ2v) is 5.21. The lowest BCUT2D eigenvalue weighted by atomic mass is 9.89. The summed E-state index contributed by atoms with van der Waals surface area (Å²) in [5, 5.41) is 6.59. The number of aryl methyl sites for hydroxylation is 1. The maximum Gasteiger partial charge on any atom is 0.130 e. The van der Waals surface area contributed by atoms with Gasteiger partial charge in [0.15, 0.2) is 0 Å². The number of nitrogens with one attached hydrogen (secondary N) is 2. The van der Waals surface area contributed by atoms with Crippen LogP contribution in [0, 0.1) is 12.8 Å². The van der Waals surface area contributed by atoms with Gasteiger partial charge >= 0.3 is 0 Å². The van der Waals surface area contributed by atoms with Gasteiger partial charge in [-0.05, 0) is 51.3 Å². The third-order valence-corrected chi connectivity index (χ3v) is 3.54. The topological polar surface area (TPSA) is 37.0 Å². The molecule has 1 aromatic rings. The van der Waals surface area contributed by atoms with Crippen molar-refractivity contribution < 1.29 is 0 Å². The van der Waals surface area contributed by atoms with Crippen LogP contribution in [0.1, 0.15) is 25.0 Å². The van der Waals surface area contributed by atoms with Crippen molar-refractivity contribution in [1.82, 2.24) is 10.3 Å². The average molecular weight is 257 g/mol. The predicted octanol–water partition coefficient (Wildman–Crippen LogP) is 3.26. The summed E-state index contributed by atoms with van der Waals surface area (Å²) in [5.74, 6) is 1.48. The number of allylic oxidation sites excluding steroid dienone is 2. The van der Waals surface area contributed by atoms with E-state index in [0.29, 0.717) is 12.0 Å². The van der Waals surface area contributed by atoms with Crippen molar-refractivity contribution in [3.8, 4) is 0 Å². The lowest BCUT2D eigenvalue weighted by molar-refractivity contribution is 0.474. The van der Waals surface area contributed by atoms with Gasteiger partial charge < -0.3 is 10.6 Å². The first-order valence-electron chi connectivity index (χ1n) is 6.91. The van der Waals surface area contributed by atoms with E-state index in [1.807, 2.05) is 32.2 Å². The normalized spacial score (nSPS) is 22.2. The molecule has 19 heavy (non-hydrogen) atoms. The van der Waals surface area contributed by atoms with Gasteiger partial charge in [-0.2, -0.15) is 0 Å². The molecule has 2 atom stereocenters. The quantitative estimate of drug-likeness (QED) is 0.795. The third kappa shape index (κ3) is 4.21. The molecule has 1 heterocycles. The van der Waals surface area contributed by atoms with Gasteiger partial charge in [0.1, 0.15) is 5.82 Å². The molecule has 102 valence electrons. The minimum Gasteiger partial charge on any atom is -0.344 e. The maximum atomic E-state index is 4.43. The van der Waals surface area contributed by atoms with Gasteiger partial charge in [0, 0.05) is 17.4 Å². The standard InChI is InChI=1S/C16H23N3/c1-12-5-4-6-16(18-12)19-13(2)11-14-7-9-15(17-3)10-8-14/h4-7,9,14-15,17H,2,8,10-11H2,1,3H3,(H,18,19). The number of hydrogen-bond acceptors (Lipinski definition) is 3. The highest BCUT2D eigenvalue weighted by molar-refractivity contribution is 5.41. The van der Waals surface area contributed by atoms with Crippen LogP contribution < -0.4 is 10.6 Å². The van der Waals surface area contributed by atoms with Gasteiger partial charge in [-0.25, -0.2) is 4.98 Å². The number of anilines is 1. The highest BCUT2D eigenvalue weighted by atomic mass is 15.0. The van der Waals surface area contributed by atoms with Crippen LogP contribution in [-0.4, -0.2) is 18.1 Å². The van der Waals surface area contributed by atoms with E-state index in [4.69, 9.17) is 0 Å². The summed E-state index contributed by atoms with van der Waals surface area (Å²) in [7, 11) is 2.01. The molecule has 2 unspecified atom stereocenters. The zero-order valence-electron chi connectivity index (χ0n) is 11.8. The van der Waals surface area contributed by atoms with Gasteiger partial charge in [-0.15, -0.1) is 0 Å². The summed E-state index contributed by atoms with van der Waals surface area (Å²) in [5.41, 5.74) is 2.06. The number of likely N-dealkylation sites (N-methyl/N-ethyl adjacent to an activating group) is 1. The van der Waals surface area contributed by atoms with Gasteiger partial charge in [-0.3, -0.25) is 0 Å². The molecule has 0 saturated carbocycles. The molecule has 0 aliphatic heterocycles. The third-order valence-electron chi connectivity index (χ3n) is 3.54. The molecule has 0 amide bonds. The summed E-state index contributed by atoms with van der Waals surface area (Å²) in [4.78, 5) is 4.43. The lowest BCUT2D eigenvalue weighted by Crippen LogP contribution is -2.26. The largest absolute Gasteiger partial charge is 0.344 e. The van der Waals surface area contributed by atoms with E-state index < -0.39 is 0 Å². The smallest absolute Gasteiger partial charge is 0.130 e. The van der Waals surface area contributed by atoms with Crippen molar-refractivity contribution in [2.75, 3.05) is 12.4 Å². The minimum atomic E-state index is 0.538. The molecular formula is C16H23N3. The Bertz CT molecular complexity index is 465. The fourth-order valence-electron chi connectivity index (χ4n) is 2.45. The molecule has 1 aromatic heterocycles. The molecule has 0 aromatic carbocycles. The summed E-state index contributed by atoms with van der Waals surface area (Å²) < 4.78 is 0. The molecule has 2 N–H and O–H groups in total. The summed E-state index contributed by atoms with van der Waals surface area (Å²) in [6.45, 7) is 6.11. The highest BCUT2D eigenvalue weighted by Crippen LogP contribution is 2.24. The van der Waals surface area contributed by atoms with Crippen molar-refractivity contribution in [3.63, 3.8) is 0 Å². The minimum absolute atomic E-state index is 0.538. The predicted molar refractivity (Wildman–Crippen MR) is 81.1 cm³/mol. The van der Waals surface area contributed by atoms with Gasteiger partial charge in [-0.1, -0.05) is 24.8 Å². The van der Waals surface area contributed by atoms with E-state index in [1.165, 1.54) is 12.8 Å². The van der Waals surface area contributed by atoms with Crippen LogP contribution in [0.5, 0.6) is 0 Å². The Hall–Kier alpha value is -1.61. The summed E-state index contributed by atoms with van der Waals surface area (Å²) in [6.07, 6.45) is 7.97. The van der Waals surface area contributed by atoms with Gasteiger partial charge in [0.25, 0.3) is 0 Å². The van der Waals surface area contributed by atoms with E-state index in [2.05, 4.69) is 34.3 Å². The van der Waals surface area contributed by atoms with E-state index in [1.54, 1.807) is 0 Å². The molecule has 0 fully saturated rings. The van der Waals surface area contributed by atoms with Gasteiger partial charge in [0.05, 0.1) is 0 Å². The number of rotatable bonds is 5. The first-order valence-corrected chi connectivity index (χ1v) is 6.91. The second kappa shape index (κ2) is 6.53. The van der Waals surface area contributed by atoms with Crippen molar-refractivity contribution in [1.29, 1.82) is 0 Å². The van der Waals surface area contributed by atoms with E-state index in [0.717, 1.165) is 23.6 Å².